The monoisotopic (exact) mass is 535 g/mol. The van der Waals surface area contributed by atoms with Crippen molar-refractivity contribution in [3.05, 3.63) is 34.2 Å². The van der Waals surface area contributed by atoms with E-state index in [1.165, 1.54) is 6.07 Å². The van der Waals surface area contributed by atoms with E-state index in [0.717, 1.165) is 19.3 Å². The van der Waals surface area contributed by atoms with Crippen LogP contribution >= 0.6 is 15.9 Å². The lowest BCUT2D eigenvalue weighted by atomic mass is 9.91. The van der Waals surface area contributed by atoms with E-state index in [0.29, 0.717) is 36.2 Å². The van der Waals surface area contributed by atoms with Gasteiger partial charge in [0.1, 0.15) is 23.6 Å². The second-order valence-corrected chi connectivity index (χ2v) is 9.84. The van der Waals surface area contributed by atoms with Crippen molar-refractivity contribution in [1.82, 2.24) is 20.9 Å². The van der Waals surface area contributed by atoms with Crippen LogP contribution in [0.3, 0.4) is 0 Å². The minimum absolute atomic E-state index is 0.110. The van der Waals surface area contributed by atoms with Crippen molar-refractivity contribution in [2.45, 2.75) is 50.6 Å². The van der Waals surface area contributed by atoms with Crippen molar-refractivity contribution in [2.24, 2.45) is 17.6 Å². The smallest absolute Gasteiger partial charge is 0.268 e. The van der Waals surface area contributed by atoms with E-state index in [-0.39, 0.29) is 22.5 Å². The predicted molar refractivity (Wildman–Crippen MR) is 126 cm³/mol. The van der Waals surface area contributed by atoms with Crippen LogP contribution in [0.5, 0.6) is 0 Å². The minimum Gasteiger partial charge on any atom is -0.368 e. The zero-order chi connectivity index (χ0) is 24.4. The fourth-order valence-electron chi connectivity index (χ4n) is 4.28. The number of piperidine rings is 1. The van der Waals surface area contributed by atoms with Gasteiger partial charge >= 0.3 is 0 Å². The van der Waals surface area contributed by atoms with Gasteiger partial charge in [-0.05, 0) is 65.7 Å². The van der Waals surface area contributed by atoms with Crippen LogP contribution in [0.4, 0.5) is 4.39 Å². The standard InChI is InChI=1S/C23H27BrFN5O4/c24-18-14(25)6-5-12-9-17(28-19(12)18)23(34)30-16(8-11-3-4-11)22(33)29-15(20(26)31)10-13-2-1-7-27-21(13)32/h5-6,9,11,13,15-16,28H,1-4,7-8,10H2,(H2,26,31)(H,27,32)(H,29,33)(H,30,34)/t13-,15-,16-/m0/s1. The second kappa shape index (κ2) is 10.1. The molecular weight excluding hydrogens is 509 g/mol. The van der Waals surface area contributed by atoms with Crippen LogP contribution in [0.1, 0.15) is 49.0 Å². The van der Waals surface area contributed by atoms with Gasteiger partial charge in [0.05, 0.1) is 9.99 Å². The fraction of sp³-hybridized carbons (Fsp3) is 0.478. The van der Waals surface area contributed by atoms with E-state index in [4.69, 9.17) is 5.73 Å². The van der Waals surface area contributed by atoms with Crippen LogP contribution in [0.2, 0.25) is 0 Å². The Morgan fingerprint density at radius 2 is 1.91 bits per heavy atom. The molecule has 4 rings (SSSR count). The molecule has 2 heterocycles. The molecule has 0 spiro atoms. The molecule has 2 aliphatic rings. The summed E-state index contributed by atoms with van der Waals surface area (Å²) in [6.45, 7) is 0.593. The maximum absolute atomic E-state index is 13.8. The summed E-state index contributed by atoms with van der Waals surface area (Å²) in [6.07, 6.45) is 3.86. The Hall–Kier alpha value is -2.95. The highest BCUT2D eigenvalue weighted by Gasteiger charge is 2.34. The van der Waals surface area contributed by atoms with Gasteiger partial charge in [-0.3, -0.25) is 19.2 Å². The summed E-state index contributed by atoms with van der Waals surface area (Å²) < 4.78 is 14.0. The maximum atomic E-state index is 13.8. The SMILES string of the molecule is NC(=O)[C@H](C[C@@H]1CCCNC1=O)NC(=O)[C@H](CC1CC1)NC(=O)c1cc2ccc(F)c(Br)c2[nH]1. The van der Waals surface area contributed by atoms with Crippen molar-refractivity contribution in [3.63, 3.8) is 0 Å². The third-order valence-electron chi connectivity index (χ3n) is 6.40. The number of H-pyrrole nitrogens is 1. The van der Waals surface area contributed by atoms with Gasteiger partial charge in [0.15, 0.2) is 0 Å². The first-order chi connectivity index (χ1) is 16.2. The minimum atomic E-state index is -1.02. The highest BCUT2D eigenvalue weighted by Crippen LogP contribution is 2.34. The van der Waals surface area contributed by atoms with Crippen LogP contribution in [0.15, 0.2) is 22.7 Å². The number of aromatic amines is 1. The van der Waals surface area contributed by atoms with Crippen LogP contribution in [0.25, 0.3) is 10.9 Å². The zero-order valence-corrected chi connectivity index (χ0v) is 20.0. The van der Waals surface area contributed by atoms with Crippen molar-refractivity contribution in [1.29, 1.82) is 0 Å². The summed E-state index contributed by atoms with van der Waals surface area (Å²) >= 11 is 3.17. The molecule has 0 radical (unpaired) electrons. The van der Waals surface area contributed by atoms with Crippen molar-refractivity contribution < 1.29 is 23.6 Å². The number of amides is 4. The van der Waals surface area contributed by atoms with Gasteiger partial charge in [-0.25, -0.2) is 4.39 Å². The molecule has 1 aromatic carbocycles. The summed E-state index contributed by atoms with van der Waals surface area (Å²) in [5, 5.41) is 8.77. The molecule has 11 heteroatoms. The number of carbonyl (C=O) groups is 4. The number of halogens is 2. The van der Waals surface area contributed by atoms with E-state index < -0.39 is 41.5 Å². The summed E-state index contributed by atoms with van der Waals surface area (Å²) in [6, 6.07) is 2.52. The quantitative estimate of drug-likeness (QED) is 0.333. The van der Waals surface area contributed by atoms with Gasteiger partial charge < -0.3 is 26.7 Å². The molecule has 1 aliphatic heterocycles. The highest BCUT2D eigenvalue weighted by atomic mass is 79.9. The lowest BCUT2D eigenvalue weighted by molar-refractivity contribution is -0.131. The number of rotatable bonds is 9. The summed E-state index contributed by atoms with van der Waals surface area (Å²) in [4.78, 5) is 53.0. The number of hydrogen-bond acceptors (Lipinski definition) is 4. The first-order valence-electron chi connectivity index (χ1n) is 11.4. The molecule has 3 atom stereocenters. The molecule has 1 aromatic heterocycles. The van der Waals surface area contributed by atoms with Gasteiger partial charge in [-0.15, -0.1) is 0 Å². The molecule has 9 nitrogen and oxygen atoms in total. The molecule has 2 aromatic rings. The molecule has 6 N–H and O–H groups in total. The van der Waals surface area contributed by atoms with Crippen molar-refractivity contribution in [2.75, 3.05) is 6.54 Å². The first-order valence-corrected chi connectivity index (χ1v) is 12.2. The topological polar surface area (TPSA) is 146 Å². The average molecular weight is 536 g/mol. The molecule has 2 fully saturated rings. The molecule has 34 heavy (non-hydrogen) atoms. The van der Waals surface area contributed by atoms with E-state index >= 15 is 0 Å². The molecular formula is C23H27BrFN5O4. The Morgan fingerprint density at radius 3 is 2.59 bits per heavy atom. The van der Waals surface area contributed by atoms with Crippen LogP contribution in [-0.4, -0.2) is 47.2 Å². The summed E-state index contributed by atoms with van der Waals surface area (Å²) in [5.74, 6) is -2.50. The number of primary amides is 1. The third kappa shape index (κ3) is 5.57. The highest BCUT2D eigenvalue weighted by molar-refractivity contribution is 9.10. The van der Waals surface area contributed by atoms with Crippen LogP contribution in [0, 0.1) is 17.7 Å². The maximum Gasteiger partial charge on any atom is 0.268 e. The number of nitrogens with two attached hydrogens (primary N) is 1. The fourth-order valence-corrected chi connectivity index (χ4v) is 4.74. The number of aromatic nitrogens is 1. The van der Waals surface area contributed by atoms with Crippen LogP contribution < -0.4 is 21.7 Å². The second-order valence-electron chi connectivity index (χ2n) is 9.04. The zero-order valence-electron chi connectivity index (χ0n) is 18.5. The lowest BCUT2D eigenvalue weighted by Gasteiger charge is -2.27. The number of hydrogen-bond donors (Lipinski definition) is 5. The lowest BCUT2D eigenvalue weighted by Crippen LogP contribution is -2.54. The molecule has 1 saturated carbocycles. The number of benzene rings is 1. The summed E-state index contributed by atoms with van der Waals surface area (Å²) in [5.41, 5.74) is 6.13. The Kier molecular flexibility index (Phi) is 7.20. The van der Waals surface area contributed by atoms with Gasteiger partial charge in [0, 0.05) is 17.8 Å². The van der Waals surface area contributed by atoms with Crippen molar-refractivity contribution >= 4 is 50.5 Å². The first kappa shape index (κ1) is 24.2. The molecule has 1 aliphatic carbocycles. The van der Waals surface area contributed by atoms with Gasteiger partial charge in [-0.2, -0.15) is 0 Å². The number of fused-ring (bicyclic) bond motifs is 1. The number of carbonyl (C=O) groups excluding carboxylic acids is 4. The molecule has 182 valence electrons. The summed E-state index contributed by atoms with van der Waals surface area (Å²) in [7, 11) is 0. The third-order valence-corrected chi connectivity index (χ3v) is 7.17. The average Bonchev–Trinajstić information content (AvgIpc) is 3.51. The Labute approximate surface area is 203 Å². The van der Waals surface area contributed by atoms with E-state index in [9.17, 15) is 23.6 Å². The van der Waals surface area contributed by atoms with Gasteiger partial charge in [0.25, 0.3) is 5.91 Å². The molecule has 4 amide bonds. The Balaban J connectivity index is 1.46. The largest absolute Gasteiger partial charge is 0.368 e. The van der Waals surface area contributed by atoms with Gasteiger partial charge in [-0.1, -0.05) is 12.8 Å². The normalized spacial score (nSPS) is 19.8. The van der Waals surface area contributed by atoms with E-state index in [1.54, 1.807) is 12.1 Å². The molecule has 1 saturated heterocycles. The molecule has 0 bridgehead atoms. The van der Waals surface area contributed by atoms with E-state index in [1.807, 2.05) is 0 Å². The molecule has 0 unspecified atom stereocenters. The predicted octanol–water partition coefficient (Wildman–Crippen LogP) is 1.85. The Bertz CT molecular complexity index is 1130. The van der Waals surface area contributed by atoms with E-state index in [2.05, 4.69) is 36.9 Å². The number of nitrogens with one attached hydrogen (secondary N) is 4. The Morgan fingerprint density at radius 1 is 1.15 bits per heavy atom. The van der Waals surface area contributed by atoms with Gasteiger partial charge in [0.2, 0.25) is 17.7 Å². The van der Waals surface area contributed by atoms with Crippen LogP contribution in [-0.2, 0) is 14.4 Å². The van der Waals surface area contributed by atoms with Crippen molar-refractivity contribution in [3.8, 4) is 0 Å².